The van der Waals surface area contributed by atoms with Crippen LogP contribution in [0, 0.1) is 11.7 Å². The number of aromatic nitrogens is 6. The van der Waals surface area contributed by atoms with Gasteiger partial charge in [-0.3, -0.25) is 9.36 Å². The Kier molecular flexibility index (Phi) is 4.85. The lowest BCUT2D eigenvalue weighted by molar-refractivity contribution is 0.508. The zero-order valence-corrected chi connectivity index (χ0v) is 17.5. The summed E-state index contributed by atoms with van der Waals surface area (Å²) in [6.45, 7) is 4.03. The first kappa shape index (κ1) is 19.8. The molecule has 0 aliphatic rings. The van der Waals surface area contributed by atoms with E-state index in [1.54, 1.807) is 30.6 Å². The SMILES string of the molecule is CC(C)[C@H](Nc1ncnc2nc[nH]c12)c1nc2cccc(F)c2c(=O)n1-c1ccccc1. The van der Waals surface area contributed by atoms with Gasteiger partial charge in [0.1, 0.15) is 28.9 Å². The second kappa shape index (κ2) is 7.84. The van der Waals surface area contributed by atoms with Gasteiger partial charge in [0, 0.05) is 0 Å². The summed E-state index contributed by atoms with van der Waals surface area (Å²) in [6, 6.07) is 13.2. The molecule has 3 heterocycles. The molecule has 0 amide bonds. The van der Waals surface area contributed by atoms with Gasteiger partial charge in [0.15, 0.2) is 11.5 Å². The van der Waals surface area contributed by atoms with Crippen LogP contribution in [0.15, 0.2) is 66.0 Å². The number of anilines is 1. The van der Waals surface area contributed by atoms with E-state index < -0.39 is 17.4 Å². The molecule has 0 unspecified atom stereocenters. The van der Waals surface area contributed by atoms with E-state index in [4.69, 9.17) is 4.98 Å². The Morgan fingerprint density at radius 2 is 1.84 bits per heavy atom. The zero-order chi connectivity index (χ0) is 22.2. The first-order chi connectivity index (χ1) is 15.5. The van der Waals surface area contributed by atoms with Gasteiger partial charge < -0.3 is 10.3 Å². The Hall–Kier alpha value is -4.14. The summed E-state index contributed by atoms with van der Waals surface area (Å²) in [7, 11) is 0. The first-order valence-corrected chi connectivity index (χ1v) is 10.2. The minimum atomic E-state index is -0.597. The Morgan fingerprint density at radius 3 is 2.62 bits per heavy atom. The van der Waals surface area contributed by atoms with Gasteiger partial charge in [-0.25, -0.2) is 24.3 Å². The fourth-order valence-electron chi connectivity index (χ4n) is 3.79. The molecule has 32 heavy (non-hydrogen) atoms. The van der Waals surface area contributed by atoms with Crippen LogP contribution in [0.25, 0.3) is 27.8 Å². The lowest BCUT2D eigenvalue weighted by Gasteiger charge is -2.26. The maximum Gasteiger partial charge on any atom is 0.269 e. The highest BCUT2D eigenvalue weighted by atomic mass is 19.1. The van der Waals surface area contributed by atoms with Gasteiger partial charge >= 0.3 is 0 Å². The normalized spacial score (nSPS) is 12.5. The summed E-state index contributed by atoms with van der Waals surface area (Å²) in [5.74, 6) is 0.413. The Balaban J connectivity index is 1.77. The van der Waals surface area contributed by atoms with E-state index in [-0.39, 0.29) is 11.3 Å². The van der Waals surface area contributed by atoms with Crippen LogP contribution in [0.4, 0.5) is 10.2 Å². The second-order valence-corrected chi connectivity index (χ2v) is 7.77. The van der Waals surface area contributed by atoms with Gasteiger partial charge in [-0.05, 0) is 30.2 Å². The number of H-pyrrole nitrogens is 1. The van der Waals surface area contributed by atoms with Crippen LogP contribution < -0.4 is 10.9 Å². The van der Waals surface area contributed by atoms with Crippen molar-refractivity contribution >= 4 is 27.9 Å². The number of fused-ring (bicyclic) bond motifs is 2. The van der Waals surface area contributed by atoms with E-state index in [9.17, 15) is 9.18 Å². The van der Waals surface area contributed by atoms with E-state index in [0.29, 0.717) is 34.0 Å². The van der Waals surface area contributed by atoms with E-state index in [0.717, 1.165) is 0 Å². The predicted molar refractivity (Wildman–Crippen MR) is 120 cm³/mol. The highest BCUT2D eigenvalue weighted by Crippen LogP contribution is 2.29. The molecule has 0 bridgehead atoms. The molecule has 0 aliphatic carbocycles. The lowest BCUT2D eigenvalue weighted by Crippen LogP contribution is -2.31. The summed E-state index contributed by atoms with van der Waals surface area (Å²) in [4.78, 5) is 34.0. The van der Waals surface area contributed by atoms with Gasteiger partial charge in [-0.15, -0.1) is 0 Å². The van der Waals surface area contributed by atoms with Crippen LogP contribution >= 0.6 is 0 Å². The van der Waals surface area contributed by atoms with Crippen molar-refractivity contribution < 1.29 is 4.39 Å². The van der Waals surface area contributed by atoms with Crippen LogP contribution in [-0.4, -0.2) is 29.5 Å². The number of hydrogen-bond acceptors (Lipinski definition) is 6. The van der Waals surface area contributed by atoms with E-state index in [1.807, 2.05) is 32.0 Å². The van der Waals surface area contributed by atoms with Crippen molar-refractivity contribution in [2.45, 2.75) is 19.9 Å². The van der Waals surface area contributed by atoms with Crippen LogP contribution in [0.2, 0.25) is 0 Å². The number of para-hydroxylation sites is 1. The summed E-state index contributed by atoms with van der Waals surface area (Å²) < 4.78 is 16.1. The molecule has 8 nitrogen and oxygen atoms in total. The van der Waals surface area contributed by atoms with E-state index in [2.05, 4.69) is 25.3 Å². The van der Waals surface area contributed by atoms with Gasteiger partial charge in [0.25, 0.3) is 5.56 Å². The molecule has 0 radical (unpaired) electrons. The number of nitrogens with zero attached hydrogens (tertiary/aromatic N) is 5. The molecule has 5 rings (SSSR count). The van der Waals surface area contributed by atoms with Crippen molar-refractivity contribution in [3.8, 4) is 5.69 Å². The number of hydrogen-bond donors (Lipinski definition) is 2. The maximum atomic E-state index is 14.6. The quantitative estimate of drug-likeness (QED) is 0.438. The van der Waals surface area contributed by atoms with Gasteiger partial charge in [-0.2, -0.15) is 0 Å². The predicted octanol–water partition coefficient (Wildman–Crippen LogP) is 4.00. The van der Waals surface area contributed by atoms with Crippen molar-refractivity contribution in [2.24, 2.45) is 5.92 Å². The van der Waals surface area contributed by atoms with Crippen LogP contribution in [0.3, 0.4) is 0 Å². The second-order valence-electron chi connectivity index (χ2n) is 7.77. The molecule has 0 spiro atoms. The zero-order valence-electron chi connectivity index (χ0n) is 17.5. The minimum Gasteiger partial charge on any atom is -0.358 e. The van der Waals surface area contributed by atoms with E-state index in [1.165, 1.54) is 17.0 Å². The molecule has 5 aromatic rings. The highest BCUT2D eigenvalue weighted by Gasteiger charge is 2.26. The highest BCUT2D eigenvalue weighted by molar-refractivity contribution is 5.82. The summed E-state index contributed by atoms with van der Waals surface area (Å²) in [5.41, 5.74) is 1.62. The Morgan fingerprint density at radius 1 is 1.03 bits per heavy atom. The number of aromatic amines is 1. The molecular weight excluding hydrogens is 409 g/mol. The largest absolute Gasteiger partial charge is 0.358 e. The third-order valence-electron chi connectivity index (χ3n) is 5.35. The minimum absolute atomic E-state index is 0.0100. The maximum absolute atomic E-state index is 14.6. The molecule has 0 fully saturated rings. The molecule has 2 N–H and O–H groups in total. The van der Waals surface area contributed by atoms with Crippen molar-refractivity contribution in [3.05, 3.63) is 83.2 Å². The summed E-state index contributed by atoms with van der Waals surface area (Å²) in [6.07, 6.45) is 2.97. The molecule has 160 valence electrons. The molecule has 3 aromatic heterocycles. The van der Waals surface area contributed by atoms with Crippen LogP contribution in [-0.2, 0) is 0 Å². The van der Waals surface area contributed by atoms with Gasteiger partial charge in [0.2, 0.25) is 0 Å². The molecule has 2 aromatic carbocycles. The van der Waals surface area contributed by atoms with Gasteiger partial charge in [-0.1, -0.05) is 38.1 Å². The average molecular weight is 429 g/mol. The number of nitrogens with one attached hydrogen (secondary N) is 2. The molecule has 0 saturated carbocycles. The van der Waals surface area contributed by atoms with E-state index >= 15 is 0 Å². The molecular formula is C23H20FN7O. The Labute approximate surface area is 182 Å². The number of halogens is 1. The average Bonchev–Trinajstić information content (AvgIpc) is 3.27. The molecule has 0 aliphatic heterocycles. The topological polar surface area (TPSA) is 101 Å². The standard InChI is InChI=1S/C23H20FN7O/c1-13(2)18(30-21-19-20(26-11-25-19)27-12-28-21)22-29-16-10-6-9-15(24)17(16)23(32)31(22)14-7-4-3-5-8-14/h3-13,18H,1-2H3,(H2,25,26,27,28,30)/t18-/m0/s1. The third kappa shape index (κ3) is 3.27. The number of imidazole rings is 1. The number of rotatable bonds is 5. The molecule has 1 atom stereocenters. The van der Waals surface area contributed by atoms with Gasteiger partial charge in [0.05, 0.1) is 23.6 Å². The smallest absolute Gasteiger partial charge is 0.269 e. The van der Waals surface area contributed by atoms with Crippen LogP contribution in [0.1, 0.15) is 25.7 Å². The fraction of sp³-hybridized carbons (Fsp3) is 0.174. The fourth-order valence-corrected chi connectivity index (χ4v) is 3.79. The lowest BCUT2D eigenvalue weighted by atomic mass is 10.0. The summed E-state index contributed by atoms with van der Waals surface area (Å²) >= 11 is 0. The van der Waals surface area contributed by atoms with Crippen molar-refractivity contribution in [1.29, 1.82) is 0 Å². The summed E-state index contributed by atoms with van der Waals surface area (Å²) in [5, 5.41) is 3.36. The number of benzene rings is 2. The third-order valence-corrected chi connectivity index (χ3v) is 5.35. The monoisotopic (exact) mass is 429 g/mol. The Bertz CT molecular complexity index is 1480. The van der Waals surface area contributed by atoms with Crippen molar-refractivity contribution in [2.75, 3.05) is 5.32 Å². The van der Waals surface area contributed by atoms with Crippen molar-refractivity contribution in [3.63, 3.8) is 0 Å². The van der Waals surface area contributed by atoms with Crippen molar-refractivity contribution in [1.82, 2.24) is 29.5 Å². The molecule has 0 saturated heterocycles. The molecule has 9 heteroatoms. The first-order valence-electron chi connectivity index (χ1n) is 10.2. The van der Waals surface area contributed by atoms with Crippen LogP contribution in [0.5, 0.6) is 0 Å².